The Kier molecular flexibility index (Phi) is 4.04. The van der Waals surface area contributed by atoms with Crippen molar-refractivity contribution in [3.05, 3.63) is 58.1 Å². The Morgan fingerprint density at radius 1 is 1.11 bits per heavy atom. The van der Waals surface area contributed by atoms with Crippen LogP contribution in [0.5, 0.6) is 11.5 Å². The second-order valence-corrected chi connectivity index (χ2v) is 5.29. The molecule has 18 heavy (non-hydrogen) atoms. The van der Waals surface area contributed by atoms with Gasteiger partial charge < -0.3 is 10.5 Å². The van der Waals surface area contributed by atoms with E-state index in [9.17, 15) is 0 Å². The van der Waals surface area contributed by atoms with E-state index in [1.807, 2.05) is 56.3 Å². The van der Waals surface area contributed by atoms with Crippen LogP contribution in [0, 0.1) is 6.92 Å². The summed E-state index contributed by atoms with van der Waals surface area (Å²) in [5.74, 6) is 1.68. The van der Waals surface area contributed by atoms with Gasteiger partial charge in [0.2, 0.25) is 0 Å². The highest BCUT2D eigenvalue weighted by Gasteiger charge is 2.04. The molecule has 1 atom stereocenters. The van der Waals surface area contributed by atoms with Crippen molar-refractivity contribution >= 4 is 15.9 Å². The zero-order valence-corrected chi connectivity index (χ0v) is 12.1. The van der Waals surface area contributed by atoms with E-state index >= 15 is 0 Å². The number of rotatable bonds is 3. The monoisotopic (exact) mass is 305 g/mol. The molecule has 0 radical (unpaired) electrons. The third kappa shape index (κ3) is 3.12. The average Bonchev–Trinajstić information content (AvgIpc) is 2.34. The summed E-state index contributed by atoms with van der Waals surface area (Å²) in [6.45, 7) is 3.99. The molecule has 2 aromatic rings. The number of halogens is 1. The van der Waals surface area contributed by atoms with Crippen molar-refractivity contribution in [2.45, 2.75) is 19.9 Å². The van der Waals surface area contributed by atoms with Crippen LogP contribution in [0.15, 0.2) is 46.9 Å². The van der Waals surface area contributed by atoms with Crippen molar-refractivity contribution < 1.29 is 4.74 Å². The lowest BCUT2D eigenvalue weighted by molar-refractivity contribution is 0.478. The summed E-state index contributed by atoms with van der Waals surface area (Å²) in [6, 6.07) is 13.9. The van der Waals surface area contributed by atoms with Gasteiger partial charge in [0.25, 0.3) is 0 Å². The molecule has 3 heteroatoms. The van der Waals surface area contributed by atoms with Gasteiger partial charge in [-0.15, -0.1) is 0 Å². The lowest BCUT2D eigenvalue weighted by atomic mass is 10.1. The topological polar surface area (TPSA) is 35.2 Å². The molecule has 0 aliphatic carbocycles. The van der Waals surface area contributed by atoms with Crippen molar-refractivity contribution in [2.24, 2.45) is 5.73 Å². The minimum atomic E-state index is 0.0478. The predicted octanol–water partition coefficient (Wildman–Crippen LogP) is 4.57. The largest absolute Gasteiger partial charge is 0.457 e. The number of ether oxygens (including phenoxy) is 1. The Bertz CT molecular complexity index is 535. The van der Waals surface area contributed by atoms with Crippen molar-refractivity contribution in [2.75, 3.05) is 0 Å². The number of nitrogens with two attached hydrogens (primary N) is 1. The molecule has 0 fully saturated rings. The summed E-state index contributed by atoms with van der Waals surface area (Å²) in [5, 5.41) is 0. The summed E-state index contributed by atoms with van der Waals surface area (Å²) in [5.41, 5.74) is 8.02. The van der Waals surface area contributed by atoms with Crippen LogP contribution in [0.4, 0.5) is 0 Å². The molecule has 2 N–H and O–H groups in total. The Balaban J connectivity index is 2.21. The maximum atomic E-state index is 5.85. The molecule has 2 nitrogen and oxygen atoms in total. The predicted molar refractivity (Wildman–Crippen MR) is 78.0 cm³/mol. The van der Waals surface area contributed by atoms with Crippen LogP contribution in [-0.2, 0) is 0 Å². The van der Waals surface area contributed by atoms with Gasteiger partial charge in [0.15, 0.2) is 0 Å². The number of aryl methyl sites for hydroxylation is 1. The maximum Gasteiger partial charge on any atom is 0.131 e. The summed E-state index contributed by atoms with van der Waals surface area (Å²) in [4.78, 5) is 0. The lowest BCUT2D eigenvalue weighted by Crippen LogP contribution is -2.04. The summed E-state index contributed by atoms with van der Waals surface area (Å²) < 4.78 is 6.86. The SMILES string of the molecule is Cc1ccc(Br)cc1Oc1ccc([C@H](C)N)cc1. The molecule has 0 bridgehead atoms. The van der Waals surface area contributed by atoms with E-state index in [0.717, 1.165) is 27.1 Å². The number of benzene rings is 2. The highest BCUT2D eigenvalue weighted by Crippen LogP contribution is 2.28. The van der Waals surface area contributed by atoms with E-state index < -0.39 is 0 Å². The van der Waals surface area contributed by atoms with Gasteiger partial charge in [0.1, 0.15) is 11.5 Å². The first kappa shape index (κ1) is 13.1. The van der Waals surface area contributed by atoms with Gasteiger partial charge in [0.05, 0.1) is 0 Å². The molecular formula is C15H16BrNO. The Labute approximate surface area is 116 Å². The molecular weight excluding hydrogens is 290 g/mol. The van der Waals surface area contributed by atoms with Crippen LogP contribution < -0.4 is 10.5 Å². The molecule has 0 amide bonds. The van der Waals surface area contributed by atoms with Crippen molar-refractivity contribution in [3.63, 3.8) is 0 Å². The molecule has 0 unspecified atom stereocenters. The van der Waals surface area contributed by atoms with Gasteiger partial charge >= 0.3 is 0 Å². The molecule has 0 saturated carbocycles. The molecule has 0 heterocycles. The van der Waals surface area contributed by atoms with Crippen LogP contribution in [0.2, 0.25) is 0 Å². The highest BCUT2D eigenvalue weighted by molar-refractivity contribution is 9.10. The normalized spacial score (nSPS) is 12.2. The van der Waals surface area contributed by atoms with E-state index in [1.54, 1.807) is 0 Å². The molecule has 2 rings (SSSR count). The van der Waals surface area contributed by atoms with Crippen LogP contribution in [0.25, 0.3) is 0 Å². The second kappa shape index (κ2) is 5.55. The molecule has 0 aromatic heterocycles. The standard InChI is InChI=1S/C15H16BrNO/c1-10-3-6-13(16)9-15(10)18-14-7-4-12(5-8-14)11(2)17/h3-9,11H,17H2,1-2H3/t11-/m0/s1. The minimum absolute atomic E-state index is 0.0478. The van der Waals surface area contributed by atoms with E-state index in [2.05, 4.69) is 15.9 Å². The van der Waals surface area contributed by atoms with Crippen LogP contribution >= 0.6 is 15.9 Å². The first-order valence-electron chi connectivity index (χ1n) is 5.86. The summed E-state index contributed by atoms with van der Waals surface area (Å²) in [6.07, 6.45) is 0. The van der Waals surface area contributed by atoms with Crippen molar-refractivity contribution in [3.8, 4) is 11.5 Å². The Morgan fingerprint density at radius 2 is 1.78 bits per heavy atom. The van der Waals surface area contributed by atoms with Crippen molar-refractivity contribution in [1.82, 2.24) is 0 Å². The van der Waals surface area contributed by atoms with Gasteiger partial charge in [-0.05, 0) is 49.2 Å². The maximum absolute atomic E-state index is 5.85. The average molecular weight is 306 g/mol. The Hall–Kier alpha value is -1.32. The van der Waals surface area contributed by atoms with Gasteiger partial charge in [0, 0.05) is 10.5 Å². The lowest BCUT2D eigenvalue weighted by Gasteiger charge is -2.10. The summed E-state index contributed by atoms with van der Waals surface area (Å²) >= 11 is 3.44. The fraction of sp³-hybridized carbons (Fsp3) is 0.200. The molecule has 0 aliphatic heterocycles. The quantitative estimate of drug-likeness (QED) is 0.901. The first-order chi connectivity index (χ1) is 8.56. The van der Waals surface area contributed by atoms with E-state index in [0.29, 0.717) is 0 Å². The van der Waals surface area contributed by atoms with Crippen molar-refractivity contribution in [1.29, 1.82) is 0 Å². The van der Waals surface area contributed by atoms with Crippen LogP contribution in [0.1, 0.15) is 24.1 Å². The number of hydrogen-bond donors (Lipinski definition) is 1. The smallest absolute Gasteiger partial charge is 0.131 e. The zero-order valence-electron chi connectivity index (χ0n) is 10.5. The zero-order chi connectivity index (χ0) is 13.1. The second-order valence-electron chi connectivity index (χ2n) is 4.37. The first-order valence-corrected chi connectivity index (χ1v) is 6.65. The van der Waals surface area contributed by atoms with Gasteiger partial charge in [-0.3, -0.25) is 0 Å². The van der Waals surface area contributed by atoms with Crippen LogP contribution in [0.3, 0.4) is 0 Å². The fourth-order valence-electron chi connectivity index (χ4n) is 1.65. The number of hydrogen-bond acceptors (Lipinski definition) is 2. The molecule has 94 valence electrons. The van der Waals surface area contributed by atoms with E-state index in [4.69, 9.17) is 10.5 Å². The molecule has 2 aromatic carbocycles. The molecule has 0 spiro atoms. The molecule has 0 aliphatic rings. The molecule has 0 saturated heterocycles. The van der Waals surface area contributed by atoms with Crippen LogP contribution in [-0.4, -0.2) is 0 Å². The van der Waals surface area contributed by atoms with E-state index in [1.165, 1.54) is 0 Å². The van der Waals surface area contributed by atoms with Gasteiger partial charge in [-0.1, -0.05) is 34.1 Å². The van der Waals surface area contributed by atoms with E-state index in [-0.39, 0.29) is 6.04 Å². The van der Waals surface area contributed by atoms with Gasteiger partial charge in [-0.2, -0.15) is 0 Å². The minimum Gasteiger partial charge on any atom is -0.457 e. The third-order valence-corrected chi connectivity index (χ3v) is 3.28. The third-order valence-electron chi connectivity index (χ3n) is 2.78. The Morgan fingerprint density at radius 3 is 2.39 bits per heavy atom. The fourth-order valence-corrected chi connectivity index (χ4v) is 1.99. The van der Waals surface area contributed by atoms with Gasteiger partial charge in [-0.25, -0.2) is 0 Å². The highest BCUT2D eigenvalue weighted by atomic mass is 79.9. The summed E-state index contributed by atoms with van der Waals surface area (Å²) in [7, 11) is 0.